The van der Waals surface area contributed by atoms with Crippen LogP contribution in [0, 0.1) is 6.92 Å². The minimum atomic E-state index is -4.49. The molecule has 2 N–H and O–H groups in total. The van der Waals surface area contributed by atoms with Crippen LogP contribution in [-0.2, 0) is 11.0 Å². The van der Waals surface area contributed by atoms with Gasteiger partial charge in [0, 0.05) is 18.7 Å². The summed E-state index contributed by atoms with van der Waals surface area (Å²) in [5.74, 6) is -0.420. The standard InChI is InChI=1S/C17H16ClF3N2O/c1-11-3-2-4-13(9-11)22-8-7-16(24)23-15-10-12(17(19,20)21)5-6-14(15)18/h2-6,9-10,22H,7-8H2,1H3,(H,23,24). The number of hydrogen-bond acceptors (Lipinski definition) is 2. The molecule has 0 spiro atoms. The van der Waals surface area contributed by atoms with Gasteiger partial charge in [-0.3, -0.25) is 4.79 Å². The second-order valence-electron chi connectivity index (χ2n) is 5.29. The van der Waals surface area contributed by atoms with Crippen molar-refractivity contribution < 1.29 is 18.0 Å². The Bertz CT molecular complexity index is 732. The SMILES string of the molecule is Cc1cccc(NCCC(=O)Nc2cc(C(F)(F)F)ccc2Cl)c1. The summed E-state index contributed by atoms with van der Waals surface area (Å²) in [5, 5.41) is 5.55. The predicted octanol–water partition coefficient (Wildman–Crippen LogP) is 5.11. The molecular weight excluding hydrogens is 341 g/mol. The van der Waals surface area contributed by atoms with Gasteiger partial charge in [0.2, 0.25) is 5.91 Å². The lowest BCUT2D eigenvalue weighted by Crippen LogP contribution is -2.17. The largest absolute Gasteiger partial charge is 0.416 e. The van der Waals surface area contributed by atoms with Crippen LogP contribution in [-0.4, -0.2) is 12.5 Å². The number of halogens is 4. The van der Waals surface area contributed by atoms with Crippen LogP contribution in [0.3, 0.4) is 0 Å². The summed E-state index contributed by atoms with van der Waals surface area (Å²) < 4.78 is 38.1. The third kappa shape index (κ3) is 5.16. The molecule has 0 aliphatic carbocycles. The molecule has 0 bridgehead atoms. The van der Waals surface area contributed by atoms with E-state index >= 15 is 0 Å². The Morgan fingerprint density at radius 2 is 1.92 bits per heavy atom. The third-order valence-corrected chi connectivity index (χ3v) is 3.60. The minimum absolute atomic E-state index is 0.0490. The van der Waals surface area contributed by atoms with E-state index in [1.54, 1.807) is 0 Å². The molecule has 7 heteroatoms. The van der Waals surface area contributed by atoms with Gasteiger partial charge < -0.3 is 10.6 Å². The van der Waals surface area contributed by atoms with Crippen LogP contribution in [0.25, 0.3) is 0 Å². The first-order chi connectivity index (χ1) is 11.3. The molecule has 0 aliphatic heterocycles. The van der Waals surface area contributed by atoms with Crippen molar-refractivity contribution in [1.82, 2.24) is 0 Å². The molecule has 0 unspecified atom stereocenters. The van der Waals surface area contributed by atoms with Crippen molar-refractivity contribution in [2.24, 2.45) is 0 Å². The zero-order chi connectivity index (χ0) is 17.7. The maximum Gasteiger partial charge on any atom is 0.416 e. The molecule has 2 rings (SSSR count). The van der Waals surface area contributed by atoms with Gasteiger partial charge in [-0.25, -0.2) is 0 Å². The van der Waals surface area contributed by atoms with Gasteiger partial charge in [0.1, 0.15) is 0 Å². The average molecular weight is 357 g/mol. The molecule has 0 saturated heterocycles. The first-order valence-corrected chi connectivity index (χ1v) is 7.60. The third-order valence-electron chi connectivity index (χ3n) is 3.27. The molecule has 2 aromatic rings. The van der Waals surface area contributed by atoms with E-state index in [0.717, 1.165) is 29.4 Å². The molecule has 128 valence electrons. The van der Waals surface area contributed by atoms with E-state index in [-0.39, 0.29) is 17.1 Å². The maximum absolute atomic E-state index is 12.7. The Morgan fingerprint density at radius 3 is 2.58 bits per heavy atom. The van der Waals surface area contributed by atoms with E-state index in [1.165, 1.54) is 0 Å². The van der Waals surface area contributed by atoms with Crippen LogP contribution >= 0.6 is 11.6 Å². The fraction of sp³-hybridized carbons (Fsp3) is 0.235. The number of carbonyl (C=O) groups excluding carboxylic acids is 1. The lowest BCUT2D eigenvalue weighted by molar-refractivity contribution is -0.137. The van der Waals surface area contributed by atoms with Gasteiger partial charge in [-0.05, 0) is 42.8 Å². The van der Waals surface area contributed by atoms with E-state index in [4.69, 9.17) is 11.6 Å². The molecule has 0 fully saturated rings. The van der Waals surface area contributed by atoms with Crippen LogP contribution in [0.1, 0.15) is 17.5 Å². The van der Waals surface area contributed by atoms with Gasteiger partial charge >= 0.3 is 6.18 Å². The second-order valence-corrected chi connectivity index (χ2v) is 5.69. The molecule has 0 heterocycles. The number of rotatable bonds is 5. The van der Waals surface area contributed by atoms with E-state index in [9.17, 15) is 18.0 Å². The summed E-state index contributed by atoms with van der Waals surface area (Å²) in [6.07, 6.45) is -4.39. The van der Waals surface area contributed by atoms with Gasteiger partial charge in [0.05, 0.1) is 16.3 Å². The van der Waals surface area contributed by atoms with Crippen LogP contribution in [0.15, 0.2) is 42.5 Å². The molecule has 0 atom stereocenters. The fourth-order valence-corrected chi connectivity index (χ4v) is 2.25. The Hall–Kier alpha value is -2.21. The van der Waals surface area contributed by atoms with Crippen LogP contribution in [0.2, 0.25) is 5.02 Å². The average Bonchev–Trinajstić information content (AvgIpc) is 2.48. The van der Waals surface area contributed by atoms with E-state index in [2.05, 4.69) is 10.6 Å². The number of nitrogens with one attached hydrogen (secondary N) is 2. The number of amides is 1. The predicted molar refractivity (Wildman–Crippen MR) is 89.4 cm³/mol. The smallest absolute Gasteiger partial charge is 0.385 e. The van der Waals surface area contributed by atoms with Crippen molar-refractivity contribution >= 4 is 28.9 Å². The van der Waals surface area contributed by atoms with Crippen molar-refractivity contribution in [3.8, 4) is 0 Å². The van der Waals surface area contributed by atoms with Gasteiger partial charge in [-0.15, -0.1) is 0 Å². The van der Waals surface area contributed by atoms with E-state index < -0.39 is 17.6 Å². The molecule has 3 nitrogen and oxygen atoms in total. The van der Waals surface area contributed by atoms with Gasteiger partial charge in [-0.1, -0.05) is 23.7 Å². The maximum atomic E-state index is 12.7. The van der Waals surface area contributed by atoms with E-state index in [1.807, 2.05) is 31.2 Å². The number of hydrogen-bond donors (Lipinski definition) is 2. The lowest BCUT2D eigenvalue weighted by atomic mass is 10.2. The van der Waals surface area contributed by atoms with Gasteiger partial charge in [0.25, 0.3) is 0 Å². The Labute approximate surface area is 142 Å². The first kappa shape index (κ1) is 18.1. The van der Waals surface area contributed by atoms with Crippen molar-refractivity contribution in [1.29, 1.82) is 0 Å². The highest BCUT2D eigenvalue weighted by molar-refractivity contribution is 6.33. The van der Waals surface area contributed by atoms with Crippen molar-refractivity contribution in [2.45, 2.75) is 19.5 Å². The van der Waals surface area contributed by atoms with Crippen molar-refractivity contribution in [3.05, 3.63) is 58.6 Å². The number of aryl methyl sites for hydroxylation is 1. The number of alkyl halides is 3. The molecule has 1 amide bonds. The summed E-state index contributed by atoms with van der Waals surface area (Å²) in [6.45, 7) is 2.30. The second kappa shape index (κ2) is 7.57. The van der Waals surface area contributed by atoms with Crippen LogP contribution in [0.5, 0.6) is 0 Å². The Balaban J connectivity index is 1.92. The Morgan fingerprint density at radius 1 is 1.17 bits per heavy atom. The number of carbonyl (C=O) groups is 1. The summed E-state index contributed by atoms with van der Waals surface area (Å²) in [6, 6.07) is 10.5. The van der Waals surface area contributed by atoms with Gasteiger partial charge in [-0.2, -0.15) is 13.2 Å². The molecule has 24 heavy (non-hydrogen) atoms. The van der Waals surface area contributed by atoms with Crippen molar-refractivity contribution in [3.63, 3.8) is 0 Å². The topological polar surface area (TPSA) is 41.1 Å². The Kier molecular flexibility index (Phi) is 5.72. The highest BCUT2D eigenvalue weighted by atomic mass is 35.5. The summed E-state index contributed by atoms with van der Waals surface area (Å²) in [5.41, 5.74) is 1.05. The minimum Gasteiger partial charge on any atom is -0.385 e. The molecule has 0 aliphatic rings. The normalized spacial score (nSPS) is 11.2. The molecular formula is C17H16ClF3N2O. The zero-order valence-corrected chi connectivity index (χ0v) is 13.6. The lowest BCUT2D eigenvalue weighted by Gasteiger charge is -2.12. The van der Waals surface area contributed by atoms with Crippen LogP contribution < -0.4 is 10.6 Å². The zero-order valence-electron chi connectivity index (χ0n) is 12.9. The summed E-state index contributed by atoms with van der Waals surface area (Å²) in [4.78, 5) is 11.9. The summed E-state index contributed by atoms with van der Waals surface area (Å²) >= 11 is 5.84. The molecule has 0 saturated carbocycles. The molecule has 0 radical (unpaired) electrons. The fourth-order valence-electron chi connectivity index (χ4n) is 2.09. The number of anilines is 2. The van der Waals surface area contributed by atoms with Gasteiger partial charge in [0.15, 0.2) is 0 Å². The molecule has 2 aromatic carbocycles. The molecule has 0 aromatic heterocycles. The first-order valence-electron chi connectivity index (χ1n) is 7.23. The highest BCUT2D eigenvalue weighted by Crippen LogP contribution is 2.33. The van der Waals surface area contributed by atoms with E-state index in [0.29, 0.717) is 6.54 Å². The highest BCUT2D eigenvalue weighted by Gasteiger charge is 2.31. The van der Waals surface area contributed by atoms with Crippen molar-refractivity contribution in [2.75, 3.05) is 17.2 Å². The quantitative estimate of drug-likeness (QED) is 0.781. The summed E-state index contributed by atoms with van der Waals surface area (Å²) in [7, 11) is 0. The van der Waals surface area contributed by atoms with Crippen LogP contribution in [0.4, 0.5) is 24.5 Å². The monoisotopic (exact) mass is 356 g/mol. The number of benzene rings is 2.